The van der Waals surface area contributed by atoms with Crippen molar-refractivity contribution in [1.82, 2.24) is 10.9 Å². The van der Waals surface area contributed by atoms with E-state index in [2.05, 4.69) is 22.7 Å². The molecule has 22 heavy (non-hydrogen) atoms. The van der Waals surface area contributed by atoms with Gasteiger partial charge in [-0.1, -0.05) is 24.3 Å². The second kappa shape index (κ2) is 7.73. The second-order valence-electron chi connectivity index (χ2n) is 4.77. The van der Waals surface area contributed by atoms with Crippen LogP contribution in [0.4, 0.5) is 5.69 Å². The average Bonchev–Trinajstić information content (AvgIpc) is 3.04. The lowest BCUT2D eigenvalue weighted by molar-refractivity contribution is -0.120. The number of rotatable bonds is 7. The normalized spacial score (nSPS) is 10.4. The summed E-state index contributed by atoms with van der Waals surface area (Å²) in [7, 11) is 0. The Balaban J connectivity index is 1.68. The Kier molecular flexibility index (Phi) is 5.43. The molecular formula is C17H19N3O2. The van der Waals surface area contributed by atoms with Crippen molar-refractivity contribution >= 4 is 17.7 Å². The molecule has 0 bridgehead atoms. The van der Waals surface area contributed by atoms with Crippen molar-refractivity contribution in [1.29, 1.82) is 0 Å². The van der Waals surface area contributed by atoms with Gasteiger partial charge in [-0.15, -0.1) is 0 Å². The number of anilines is 1. The van der Waals surface area contributed by atoms with E-state index in [1.807, 2.05) is 37.3 Å². The first kappa shape index (κ1) is 15.4. The van der Waals surface area contributed by atoms with Crippen LogP contribution in [-0.4, -0.2) is 12.5 Å². The molecule has 1 aromatic carbocycles. The van der Waals surface area contributed by atoms with Crippen molar-refractivity contribution in [3.05, 3.63) is 72.3 Å². The van der Waals surface area contributed by atoms with E-state index in [1.165, 1.54) is 5.56 Å². The maximum absolute atomic E-state index is 11.7. The molecule has 3 N–H and O–H groups in total. The molecule has 0 radical (unpaired) electrons. The summed E-state index contributed by atoms with van der Waals surface area (Å²) in [5.41, 5.74) is 7.92. The Labute approximate surface area is 129 Å². The Morgan fingerprint density at radius 1 is 1.23 bits per heavy atom. The number of hydrazine groups is 1. The zero-order chi connectivity index (χ0) is 15.8. The summed E-state index contributed by atoms with van der Waals surface area (Å²) in [5.74, 6) is 0.531. The SMILES string of the molecule is C=C(/C=C/c1ccco1)NNC(=O)CNc1ccc(C)cc1. The van der Waals surface area contributed by atoms with Gasteiger partial charge < -0.3 is 9.73 Å². The molecule has 0 atom stereocenters. The standard InChI is InChI=1S/C17H19N3O2/c1-13-5-8-15(9-6-13)18-12-17(21)20-19-14(2)7-10-16-4-3-11-22-16/h3-11,18-19H,2,12H2,1H3,(H,20,21)/b10-7+. The molecule has 2 aromatic rings. The fraction of sp³-hybridized carbons (Fsp3) is 0.118. The highest BCUT2D eigenvalue weighted by atomic mass is 16.3. The summed E-state index contributed by atoms with van der Waals surface area (Å²) in [6, 6.07) is 11.5. The highest BCUT2D eigenvalue weighted by Gasteiger charge is 2.00. The van der Waals surface area contributed by atoms with E-state index < -0.39 is 0 Å². The van der Waals surface area contributed by atoms with Gasteiger partial charge in [0.25, 0.3) is 5.91 Å². The summed E-state index contributed by atoms with van der Waals surface area (Å²) in [5, 5.41) is 3.04. The number of carbonyl (C=O) groups is 1. The fourth-order valence-electron chi connectivity index (χ4n) is 1.66. The molecule has 5 heteroatoms. The summed E-state index contributed by atoms with van der Waals surface area (Å²) in [6.07, 6.45) is 5.06. The summed E-state index contributed by atoms with van der Waals surface area (Å²) in [4.78, 5) is 11.7. The highest BCUT2D eigenvalue weighted by Crippen LogP contribution is 2.07. The molecule has 5 nitrogen and oxygen atoms in total. The van der Waals surface area contributed by atoms with Crippen LogP contribution in [0.5, 0.6) is 0 Å². The molecule has 1 amide bonds. The van der Waals surface area contributed by atoms with Gasteiger partial charge in [0.1, 0.15) is 5.76 Å². The van der Waals surface area contributed by atoms with Crippen LogP contribution < -0.4 is 16.2 Å². The maximum Gasteiger partial charge on any atom is 0.257 e. The maximum atomic E-state index is 11.7. The largest absolute Gasteiger partial charge is 0.465 e. The van der Waals surface area contributed by atoms with E-state index in [-0.39, 0.29) is 12.5 Å². The number of hydrogen-bond acceptors (Lipinski definition) is 4. The van der Waals surface area contributed by atoms with Gasteiger partial charge in [-0.05, 0) is 43.3 Å². The van der Waals surface area contributed by atoms with Crippen LogP contribution in [-0.2, 0) is 4.79 Å². The lowest BCUT2D eigenvalue weighted by Crippen LogP contribution is -2.39. The Morgan fingerprint density at radius 3 is 2.68 bits per heavy atom. The van der Waals surface area contributed by atoms with Crippen molar-refractivity contribution in [3.8, 4) is 0 Å². The van der Waals surface area contributed by atoms with Gasteiger partial charge in [0.15, 0.2) is 0 Å². The van der Waals surface area contributed by atoms with Crippen LogP contribution in [0, 0.1) is 6.92 Å². The van der Waals surface area contributed by atoms with Crippen molar-refractivity contribution in [2.45, 2.75) is 6.92 Å². The van der Waals surface area contributed by atoms with E-state index in [0.717, 1.165) is 11.4 Å². The molecule has 1 heterocycles. The smallest absolute Gasteiger partial charge is 0.257 e. The van der Waals surface area contributed by atoms with Gasteiger partial charge in [-0.2, -0.15) is 0 Å². The number of furan rings is 1. The van der Waals surface area contributed by atoms with Crippen molar-refractivity contribution in [3.63, 3.8) is 0 Å². The number of benzene rings is 1. The zero-order valence-corrected chi connectivity index (χ0v) is 12.4. The third kappa shape index (κ3) is 5.20. The van der Waals surface area contributed by atoms with Crippen LogP contribution in [0.3, 0.4) is 0 Å². The van der Waals surface area contributed by atoms with E-state index >= 15 is 0 Å². The predicted octanol–water partition coefficient (Wildman–Crippen LogP) is 2.85. The van der Waals surface area contributed by atoms with Gasteiger partial charge >= 0.3 is 0 Å². The molecule has 0 saturated carbocycles. The third-order valence-electron chi connectivity index (χ3n) is 2.86. The number of aryl methyl sites for hydroxylation is 1. The van der Waals surface area contributed by atoms with Crippen LogP contribution >= 0.6 is 0 Å². The minimum Gasteiger partial charge on any atom is -0.465 e. The zero-order valence-electron chi connectivity index (χ0n) is 12.4. The van der Waals surface area contributed by atoms with E-state index in [4.69, 9.17) is 4.42 Å². The monoisotopic (exact) mass is 297 g/mol. The molecular weight excluding hydrogens is 278 g/mol. The number of amides is 1. The van der Waals surface area contributed by atoms with Gasteiger partial charge in [0.2, 0.25) is 0 Å². The first-order valence-corrected chi connectivity index (χ1v) is 6.89. The molecule has 0 aliphatic carbocycles. The van der Waals surface area contributed by atoms with E-state index in [0.29, 0.717) is 5.70 Å². The highest BCUT2D eigenvalue weighted by molar-refractivity contribution is 5.80. The van der Waals surface area contributed by atoms with Crippen LogP contribution in [0.1, 0.15) is 11.3 Å². The lowest BCUT2D eigenvalue weighted by atomic mass is 10.2. The Bertz CT molecular complexity index is 643. The van der Waals surface area contributed by atoms with Gasteiger partial charge in [-0.25, -0.2) is 0 Å². The lowest BCUT2D eigenvalue weighted by Gasteiger charge is -2.09. The quantitative estimate of drug-likeness (QED) is 0.543. The van der Waals surface area contributed by atoms with Crippen molar-refractivity contribution in [2.24, 2.45) is 0 Å². The van der Waals surface area contributed by atoms with E-state index in [9.17, 15) is 4.79 Å². The Morgan fingerprint density at radius 2 is 2.00 bits per heavy atom. The van der Waals surface area contributed by atoms with Crippen LogP contribution in [0.15, 0.2) is 65.4 Å². The minimum atomic E-state index is -0.187. The first-order valence-electron chi connectivity index (χ1n) is 6.89. The number of carbonyl (C=O) groups excluding carboxylic acids is 1. The second-order valence-corrected chi connectivity index (χ2v) is 4.77. The molecule has 0 spiro atoms. The van der Waals surface area contributed by atoms with Gasteiger partial charge in [0, 0.05) is 11.4 Å². The molecule has 0 saturated heterocycles. The molecule has 0 aliphatic rings. The molecule has 0 aliphatic heterocycles. The number of nitrogens with one attached hydrogen (secondary N) is 3. The molecule has 114 valence electrons. The number of allylic oxidation sites excluding steroid dienone is 1. The fourth-order valence-corrected chi connectivity index (χ4v) is 1.66. The summed E-state index contributed by atoms with van der Waals surface area (Å²) < 4.78 is 5.15. The number of hydrogen-bond donors (Lipinski definition) is 3. The summed E-state index contributed by atoms with van der Waals surface area (Å²) in [6.45, 7) is 5.97. The van der Waals surface area contributed by atoms with Gasteiger partial charge in [-0.3, -0.25) is 15.6 Å². The van der Waals surface area contributed by atoms with Crippen molar-refractivity contribution in [2.75, 3.05) is 11.9 Å². The van der Waals surface area contributed by atoms with Gasteiger partial charge in [0.05, 0.1) is 12.8 Å². The molecule has 1 aromatic heterocycles. The predicted molar refractivity (Wildman–Crippen MR) is 87.8 cm³/mol. The first-order chi connectivity index (χ1) is 10.6. The topological polar surface area (TPSA) is 66.3 Å². The Hall–Kier alpha value is -2.95. The molecule has 2 rings (SSSR count). The average molecular weight is 297 g/mol. The van der Waals surface area contributed by atoms with Crippen LogP contribution in [0.25, 0.3) is 6.08 Å². The van der Waals surface area contributed by atoms with E-state index in [1.54, 1.807) is 24.5 Å². The minimum absolute atomic E-state index is 0.172. The summed E-state index contributed by atoms with van der Waals surface area (Å²) >= 11 is 0. The molecule has 0 fully saturated rings. The van der Waals surface area contributed by atoms with Crippen LogP contribution in [0.2, 0.25) is 0 Å². The third-order valence-corrected chi connectivity index (χ3v) is 2.86. The molecule has 0 unspecified atom stereocenters. The van der Waals surface area contributed by atoms with Crippen molar-refractivity contribution < 1.29 is 9.21 Å².